The molecule has 3 heterocycles. The van der Waals surface area contributed by atoms with Crippen LogP contribution in [0, 0.1) is 0 Å². The summed E-state index contributed by atoms with van der Waals surface area (Å²) in [6.07, 6.45) is 3.38. The third-order valence-corrected chi connectivity index (χ3v) is 5.27. The van der Waals surface area contributed by atoms with Crippen molar-refractivity contribution >= 4 is 17.5 Å². The lowest BCUT2D eigenvalue weighted by Gasteiger charge is -2.34. The molecule has 8 heteroatoms. The summed E-state index contributed by atoms with van der Waals surface area (Å²) in [4.78, 5) is 35.1. The summed E-state index contributed by atoms with van der Waals surface area (Å²) < 4.78 is 0. The van der Waals surface area contributed by atoms with E-state index in [4.69, 9.17) is 0 Å². The number of benzene rings is 1. The fourth-order valence-electron chi connectivity index (χ4n) is 3.47. The van der Waals surface area contributed by atoms with Crippen molar-refractivity contribution in [3.05, 3.63) is 66.1 Å². The highest BCUT2D eigenvalue weighted by atomic mass is 16.2. The monoisotopic (exact) mass is 404 g/mol. The first-order chi connectivity index (χ1) is 14.5. The van der Waals surface area contributed by atoms with Gasteiger partial charge in [-0.2, -0.15) is 5.10 Å². The minimum absolute atomic E-state index is 0.00563. The molecule has 30 heavy (non-hydrogen) atoms. The molecular weight excluding hydrogens is 380 g/mol. The third-order valence-electron chi connectivity index (χ3n) is 5.27. The van der Waals surface area contributed by atoms with Crippen molar-refractivity contribution < 1.29 is 9.59 Å². The van der Waals surface area contributed by atoms with Gasteiger partial charge in [0.2, 0.25) is 0 Å². The number of anilines is 1. The molecule has 154 valence electrons. The SMILES string of the molecule is CN(C)c1ccc(C(=O)N2CCN(C(=O)c3cc(-c4ccncc4)n[nH]3)CC2)cc1. The number of carbonyl (C=O) groups excluding carboxylic acids is 2. The minimum Gasteiger partial charge on any atom is -0.378 e. The summed E-state index contributed by atoms with van der Waals surface area (Å²) in [7, 11) is 3.93. The van der Waals surface area contributed by atoms with Crippen molar-refractivity contribution in [3.8, 4) is 11.3 Å². The normalized spacial score (nSPS) is 13.9. The Morgan fingerprint density at radius 1 is 0.900 bits per heavy atom. The first-order valence-electron chi connectivity index (χ1n) is 9.84. The molecule has 1 fully saturated rings. The predicted octanol–water partition coefficient (Wildman–Crippen LogP) is 2.14. The molecule has 1 saturated heterocycles. The number of aromatic nitrogens is 3. The van der Waals surface area contributed by atoms with Gasteiger partial charge in [0.05, 0.1) is 5.69 Å². The van der Waals surface area contributed by atoms with Crippen LogP contribution in [0.4, 0.5) is 5.69 Å². The molecule has 0 unspecified atom stereocenters. The van der Waals surface area contributed by atoms with Crippen LogP contribution in [-0.4, -0.2) is 77.1 Å². The zero-order chi connectivity index (χ0) is 21.1. The third kappa shape index (κ3) is 4.03. The molecule has 0 saturated carbocycles. The number of nitrogens with one attached hydrogen (secondary N) is 1. The molecule has 1 N–H and O–H groups in total. The maximum Gasteiger partial charge on any atom is 0.272 e. The molecule has 0 radical (unpaired) electrons. The van der Waals surface area contributed by atoms with E-state index in [1.807, 2.05) is 55.4 Å². The summed E-state index contributed by atoms with van der Waals surface area (Å²) in [5.41, 5.74) is 3.76. The second kappa shape index (κ2) is 8.36. The summed E-state index contributed by atoms with van der Waals surface area (Å²) >= 11 is 0. The zero-order valence-corrected chi connectivity index (χ0v) is 17.1. The highest BCUT2D eigenvalue weighted by Gasteiger charge is 2.26. The first-order valence-corrected chi connectivity index (χ1v) is 9.84. The molecule has 1 aliphatic heterocycles. The number of H-pyrrole nitrogens is 1. The van der Waals surface area contributed by atoms with Gasteiger partial charge in [-0.3, -0.25) is 19.7 Å². The van der Waals surface area contributed by atoms with Gasteiger partial charge in [-0.25, -0.2) is 0 Å². The van der Waals surface area contributed by atoms with Crippen molar-refractivity contribution in [2.24, 2.45) is 0 Å². The Morgan fingerprint density at radius 2 is 1.50 bits per heavy atom. The molecule has 2 aromatic heterocycles. The largest absolute Gasteiger partial charge is 0.378 e. The van der Waals surface area contributed by atoms with Crippen LogP contribution < -0.4 is 4.90 Å². The van der Waals surface area contributed by atoms with Crippen molar-refractivity contribution in [1.29, 1.82) is 0 Å². The molecular formula is C22H24N6O2. The maximum atomic E-state index is 12.8. The van der Waals surface area contributed by atoms with Crippen LogP contribution in [0.5, 0.6) is 0 Å². The molecule has 0 spiro atoms. The van der Waals surface area contributed by atoms with E-state index in [-0.39, 0.29) is 11.8 Å². The molecule has 1 aromatic carbocycles. The van der Waals surface area contributed by atoms with Crippen LogP contribution in [0.15, 0.2) is 54.9 Å². The van der Waals surface area contributed by atoms with Crippen LogP contribution in [0.3, 0.4) is 0 Å². The van der Waals surface area contributed by atoms with E-state index >= 15 is 0 Å². The van der Waals surface area contributed by atoms with Gasteiger partial charge in [0.15, 0.2) is 0 Å². The number of hydrogen-bond donors (Lipinski definition) is 1. The van der Waals surface area contributed by atoms with Crippen molar-refractivity contribution in [2.45, 2.75) is 0 Å². The van der Waals surface area contributed by atoms with Gasteiger partial charge < -0.3 is 14.7 Å². The number of pyridine rings is 1. The van der Waals surface area contributed by atoms with E-state index in [2.05, 4.69) is 15.2 Å². The van der Waals surface area contributed by atoms with Gasteiger partial charge in [0.25, 0.3) is 11.8 Å². The number of aromatic amines is 1. The summed E-state index contributed by atoms with van der Waals surface area (Å²) in [6, 6.07) is 13.0. The van der Waals surface area contributed by atoms with Gasteiger partial charge in [-0.15, -0.1) is 0 Å². The second-order valence-corrected chi connectivity index (χ2v) is 7.43. The number of nitrogens with zero attached hydrogens (tertiary/aromatic N) is 5. The Hall–Kier alpha value is -3.68. The van der Waals surface area contributed by atoms with Crippen molar-refractivity contribution in [3.63, 3.8) is 0 Å². The molecule has 0 aliphatic carbocycles. The lowest BCUT2D eigenvalue weighted by Crippen LogP contribution is -2.50. The molecule has 8 nitrogen and oxygen atoms in total. The lowest BCUT2D eigenvalue weighted by molar-refractivity contribution is 0.0532. The van der Waals surface area contributed by atoms with Crippen molar-refractivity contribution in [1.82, 2.24) is 25.0 Å². The van der Waals surface area contributed by atoms with Crippen LogP contribution >= 0.6 is 0 Å². The van der Waals surface area contributed by atoms with Gasteiger partial charge in [-0.05, 0) is 42.5 Å². The lowest BCUT2D eigenvalue weighted by atomic mass is 10.1. The maximum absolute atomic E-state index is 12.8. The van der Waals surface area contributed by atoms with E-state index in [1.165, 1.54) is 0 Å². The van der Waals surface area contributed by atoms with E-state index in [0.717, 1.165) is 11.3 Å². The summed E-state index contributed by atoms with van der Waals surface area (Å²) in [6.45, 7) is 1.99. The fourth-order valence-corrected chi connectivity index (χ4v) is 3.47. The summed E-state index contributed by atoms with van der Waals surface area (Å²) in [5, 5.41) is 7.07. The number of carbonyl (C=O) groups is 2. The first kappa shape index (κ1) is 19.6. The van der Waals surface area contributed by atoms with E-state index in [1.54, 1.807) is 28.3 Å². The van der Waals surface area contributed by atoms with Crippen LogP contribution in [0.25, 0.3) is 11.3 Å². The number of amides is 2. The van der Waals surface area contributed by atoms with Crippen molar-refractivity contribution in [2.75, 3.05) is 45.2 Å². The van der Waals surface area contributed by atoms with E-state index in [9.17, 15) is 9.59 Å². The number of hydrogen-bond acceptors (Lipinski definition) is 5. The molecule has 2 amide bonds. The fraction of sp³-hybridized carbons (Fsp3) is 0.273. The van der Waals surface area contributed by atoms with Gasteiger partial charge in [0.1, 0.15) is 5.69 Å². The topological polar surface area (TPSA) is 85.4 Å². The quantitative estimate of drug-likeness (QED) is 0.720. The second-order valence-electron chi connectivity index (χ2n) is 7.43. The summed E-state index contributed by atoms with van der Waals surface area (Å²) in [5.74, 6) is -0.112. The van der Waals surface area contributed by atoms with Gasteiger partial charge >= 0.3 is 0 Å². The predicted molar refractivity (Wildman–Crippen MR) is 114 cm³/mol. The zero-order valence-electron chi connectivity index (χ0n) is 17.1. The Bertz CT molecular complexity index is 1020. The average Bonchev–Trinajstić information content (AvgIpc) is 3.29. The minimum atomic E-state index is -0.106. The van der Waals surface area contributed by atoms with E-state index < -0.39 is 0 Å². The standard InChI is InChI=1S/C22H24N6O2/c1-26(2)18-5-3-17(4-6-18)21(29)27-11-13-28(14-12-27)22(30)20-15-19(24-25-20)16-7-9-23-10-8-16/h3-10,15H,11-14H2,1-2H3,(H,24,25). The van der Waals surface area contributed by atoms with Crippen LogP contribution in [0.1, 0.15) is 20.8 Å². The Morgan fingerprint density at radius 3 is 2.10 bits per heavy atom. The van der Waals surface area contributed by atoms with E-state index in [0.29, 0.717) is 43.1 Å². The molecule has 1 aliphatic rings. The molecule has 0 bridgehead atoms. The number of rotatable bonds is 4. The molecule has 3 aromatic rings. The molecule has 4 rings (SSSR count). The van der Waals surface area contributed by atoms with Gasteiger partial charge in [0, 0.05) is 69.5 Å². The Balaban J connectivity index is 1.36. The Kier molecular flexibility index (Phi) is 5.47. The smallest absolute Gasteiger partial charge is 0.272 e. The van der Waals surface area contributed by atoms with Gasteiger partial charge in [-0.1, -0.05) is 0 Å². The highest BCUT2D eigenvalue weighted by Crippen LogP contribution is 2.18. The highest BCUT2D eigenvalue weighted by molar-refractivity contribution is 5.96. The Labute approximate surface area is 175 Å². The number of piperazine rings is 1. The molecule has 0 atom stereocenters. The average molecular weight is 404 g/mol. The van der Waals surface area contributed by atoms with Crippen LogP contribution in [0.2, 0.25) is 0 Å². The van der Waals surface area contributed by atoms with Crippen LogP contribution in [-0.2, 0) is 0 Å².